The molecule has 7 nitrogen and oxygen atoms in total. The van der Waals surface area contributed by atoms with Crippen LogP contribution in [0.5, 0.6) is 0 Å². The molecule has 0 aliphatic heterocycles. The van der Waals surface area contributed by atoms with Crippen molar-refractivity contribution < 1.29 is 0 Å². The van der Waals surface area contributed by atoms with Gasteiger partial charge in [0.15, 0.2) is 11.5 Å². The first-order chi connectivity index (χ1) is 10.3. The van der Waals surface area contributed by atoms with Crippen molar-refractivity contribution >= 4 is 17.1 Å². The van der Waals surface area contributed by atoms with Crippen LogP contribution in [0.3, 0.4) is 0 Å². The number of aromatic amines is 1. The van der Waals surface area contributed by atoms with Gasteiger partial charge in [-0.2, -0.15) is 9.97 Å². The van der Waals surface area contributed by atoms with Gasteiger partial charge >= 0.3 is 0 Å². The molecule has 3 aromatic heterocycles. The normalized spacial score (nSPS) is 11.1. The van der Waals surface area contributed by atoms with Gasteiger partial charge in [-0.25, -0.2) is 9.97 Å². The fourth-order valence-corrected chi connectivity index (χ4v) is 2.24. The second kappa shape index (κ2) is 5.90. The van der Waals surface area contributed by atoms with E-state index >= 15 is 0 Å². The van der Waals surface area contributed by atoms with Crippen molar-refractivity contribution in [2.45, 2.75) is 33.1 Å². The highest BCUT2D eigenvalue weighted by molar-refractivity contribution is 5.79. The number of hydrogen-bond acceptors (Lipinski definition) is 5. The van der Waals surface area contributed by atoms with Crippen LogP contribution in [-0.4, -0.2) is 36.0 Å². The van der Waals surface area contributed by atoms with E-state index in [-0.39, 0.29) is 0 Å². The van der Waals surface area contributed by atoms with Crippen molar-refractivity contribution in [3.8, 4) is 5.82 Å². The zero-order valence-electron chi connectivity index (χ0n) is 12.3. The van der Waals surface area contributed by atoms with Gasteiger partial charge in [0.2, 0.25) is 5.95 Å². The van der Waals surface area contributed by atoms with Gasteiger partial charge in [0.05, 0.1) is 6.33 Å². The summed E-state index contributed by atoms with van der Waals surface area (Å²) in [7, 11) is 0. The van der Waals surface area contributed by atoms with Crippen molar-refractivity contribution in [1.82, 2.24) is 29.5 Å². The minimum Gasteiger partial charge on any atom is -0.354 e. The standard InChI is InChI=1S/C14H19N7/c1-3-5-10-15-7-8-21(10)13-11-12(18-9-17-11)19-14(20-13)16-6-4-2/h7-9H,3-6H2,1-2H3,(H2,16,17,18,19,20). The summed E-state index contributed by atoms with van der Waals surface area (Å²) in [5, 5.41) is 3.22. The average molecular weight is 285 g/mol. The number of aryl methyl sites for hydroxylation is 1. The molecule has 21 heavy (non-hydrogen) atoms. The maximum Gasteiger partial charge on any atom is 0.226 e. The molecule has 0 saturated heterocycles. The van der Waals surface area contributed by atoms with E-state index in [1.165, 1.54) is 0 Å². The van der Waals surface area contributed by atoms with E-state index in [1.54, 1.807) is 12.5 Å². The number of hydrogen-bond donors (Lipinski definition) is 2. The smallest absolute Gasteiger partial charge is 0.226 e. The molecule has 110 valence electrons. The number of fused-ring (bicyclic) bond motifs is 1. The van der Waals surface area contributed by atoms with Gasteiger partial charge in [0.1, 0.15) is 11.3 Å². The maximum absolute atomic E-state index is 4.63. The highest BCUT2D eigenvalue weighted by Gasteiger charge is 2.14. The van der Waals surface area contributed by atoms with E-state index in [2.05, 4.69) is 44.1 Å². The van der Waals surface area contributed by atoms with Gasteiger partial charge in [0, 0.05) is 25.4 Å². The van der Waals surface area contributed by atoms with Crippen LogP contribution in [0.15, 0.2) is 18.7 Å². The summed E-state index contributed by atoms with van der Waals surface area (Å²) in [5.74, 6) is 2.38. The van der Waals surface area contributed by atoms with E-state index in [0.29, 0.717) is 11.6 Å². The van der Waals surface area contributed by atoms with Crippen LogP contribution in [0.25, 0.3) is 17.0 Å². The Labute approximate surface area is 122 Å². The molecule has 0 aliphatic carbocycles. The molecule has 0 saturated carbocycles. The molecule has 2 N–H and O–H groups in total. The molecule has 0 unspecified atom stereocenters. The Bertz CT molecular complexity index is 728. The lowest BCUT2D eigenvalue weighted by atomic mass is 10.3. The van der Waals surface area contributed by atoms with Crippen molar-refractivity contribution in [3.63, 3.8) is 0 Å². The SMILES string of the molecule is CCCNc1nc(-n2ccnc2CCC)c2[nH]cnc2n1. The first-order valence-corrected chi connectivity index (χ1v) is 7.31. The second-order valence-electron chi connectivity index (χ2n) is 4.86. The van der Waals surface area contributed by atoms with E-state index in [9.17, 15) is 0 Å². The lowest BCUT2D eigenvalue weighted by Gasteiger charge is -2.09. The van der Waals surface area contributed by atoms with Crippen molar-refractivity contribution in [2.75, 3.05) is 11.9 Å². The Morgan fingerprint density at radius 3 is 2.90 bits per heavy atom. The highest BCUT2D eigenvalue weighted by atomic mass is 15.2. The van der Waals surface area contributed by atoms with Crippen LogP contribution in [0, 0.1) is 0 Å². The summed E-state index contributed by atoms with van der Waals surface area (Å²) in [5.41, 5.74) is 1.49. The number of rotatable bonds is 6. The van der Waals surface area contributed by atoms with Crippen LogP contribution < -0.4 is 5.32 Å². The van der Waals surface area contributed by atoms with Crippen LogP contribution in [0.2, 0.25) is 0 Å². The molecule has 0 aromatic carbocycles. The minimum absolute atomic E-state index is 0.600. The van der Waals surface area contributed by atoms with Crippen LogP contribution in [0.1, 0.15) is 32.5 Å². The summed E-state index contributed by atoms with van der Waals surface area (Å²) >= 11 is 0. The predicted molar refractivity (Wildman–Crippen MR) is 81.6 cm³/mol. The molecule has 0 fully saturated rings. The summed E-state index contributed by atoms with van der Waals surface area (Å²) in [6.07, 6.45) is 8.33. The van der Waals surface area contributed by atoms with Gasteiger partial charge in [-0.05, 0) is 12.8 Å². The monoisotopic (exact) mass is 285 g/mol. The summed E-state index contributed by atoms with van der Waals surface area (Å²) < 4.78 is 2.00. The highest BCUT2D eigenvalue weighted by Crippen LogP contribution is 2.19. The number of anilines is 1. The second-order valence-corrected chi connectivity index (χ2v) is 4.86. The molecule has 3 aromatic rings. The van der Waals surface area contributed by atoms with Crippen molar-refractivity contribution in [2.24, 2.45) is 0 Å². The molecule has 3 heterocycles. The number of aromatic nitrogens is 6. The zero-order chi connectivity index (χ0) is 14.7. The van der Waals surface area contributed by atoms with Crippen LogP contribution >= 0.6 is 0 Å². The van der Waals surface area contributed by atoms with Gasteiger partial charge < -0.3 is 10.3 Å². The summed E-state index contributed by atoms with van der Waals surface area (Å²) in [4.78, 5) is 20.8. The van der Waals surface area contributed by atoms with Gasteiger partial charge in [-0.15, -0.1) is 0 Å². The Morgan fingerprint density at radius 2 is 2.10 bits per heavy atom. The van der Waals surface area contributed by atoms with E-state index in [1.807, 2.05) is 10.8 Å². The molecule has 0 aliphatic rings. The van der Waals surface area contributed by atoms with Gasteiger partial charge in [-0.1, -0.05) is 13.8 Å². The third-order valence-corrected chi connectivity index (χ3v) is 3.22. The third kappa shape index (κ3) is 2.58. The van der Waals surface area contributed by atoms with Crippen LogP contribution in [0.4, 0.5) is 5.95 Å². The van der Waals surface area contributed by atoms with E-state index in [4.69, 9.17) is 0 Å². The molecule has 0 bridgehead atoms. The lowest BCUT2D eigenvalue weighted by molar-refractivity contribution is 0.799. The molecule has 3 rings (SSSR count). The average Bonchev–Trinajstić information content (AvgIpc) is 3.13. The van der Waals surface area contributed by atoms with Crippen molar-refractivity contribution in [1.29, 1.82) is 0 Å². The van der Waals surface area contributed by atoms with E-state index in [0.717, 1.165) is 43.0 Å². The fraction of sp³-hybridized carbons (Fsp3) is 0.429. The molecule has 0 spiro atoms. The topological polar surface area (TPSA) is 84.3 Å². The first-order valence-electron chi connectivity index (χ1n) is 7.31. The van der Waals surface area contributed by atoms with E-state index < -0.39 is 0 Å². The number of H-pyrrole nitrogens is 1. The minimum atomic E-state index is 0.600. The number of imidazole rings is 2. The molecule has 0 amide bonds. The Hall–Kier alpha value is -2.44. The maximum atomic E-state index is 4.63. The van der Waals surface area contributed by atoms with Crippen LogP contribution in [-0.2, 0) is 6.42 Å². The number of nitrogens with zero attached hydrogens (tertiary/aromatic N) is 5. The first kappa shape index (κ1) is 13.5. The summed E-state index contributed by atoms with van der Waals surface area (Å²) in [6, 6.07) is 0. The lowest BCUT2D eigenvalue weighted by Crippen LogP contribution is -2.09. The molecule has 0 atom stereocenters. The molecular formula is C14H19N7. The quantitative estimate of drug-likeness (QED) is 0.726. The van der Waals surface area contributed by atoms with Gasteiger partial charge in [0.25, 0.3) is 0 Å². The molecule has 7 heteroatoms. The number of nitrogens with one attached hydrogen (secondary N) is 2. The Balaban J connectivity index is 2.10. The Kier molecular flexibility index (Phi) is 3.81. The summed E-state index contributed by atoms with van der Waals surface area (Å²) in [6.45, 7) is 5.08. The largest absolute Gasteiger partial charge is 0.354 e. The molecule has 0 radical (unpaired) electrons. The Morgan fingerprint density at radius 1 is 1.19 bits per heavy atom. The third-order valence-electron chi connectivity index (χ3n) is 3.22. The van der Waals surface area contributed by atoms with Crippen molar-refractivity contribution in [3.05, 3.63) is 24.5 Å². The predicted octanol–water partition coefficient (Wildman–Crippen LogP) is 2.31. The van der Waals surface area contributed by atoms with Gasteiger partial charge in [-0.3, -0.25) is 4.57 Å². The zero-order valence-corrected chi connectivity index (χ0v) is 12.3. The fourth-order valence-electron chi connectivity index (χ4n) is 2.24. The molecular weight excluding hydrogens is 266 g/mol.